The van der Waals surface area contributed by atoms with Crippen LogP contribution in [0.3, 0.4) is 0 Å². The second kappa shape index (κ2) is 7.41. The summed E-state index contributed by atoms with van der Waals surface area (Å²) < 4.78 is 37.4. The van der Waals surface area contributed by atoms with Crippen LogP contribution in [-0.4, -0.2) is 23.7 Å². The second-order valence-corrected chi connectivity index (χ2v) is 6.79. The summed E-state index contributed by atoms with van der Waals surface area (Å²) in [5.41, 5.74) is 2.25. The highest BCUT2D eigenvalue weighted by molar-refractivity contribution is 7.99. The molecular formula is C18H15F3N2O2S. The van der Waals surface area contributed by atoms with Crippen molar-refractivity contribution in [3.8, 4) is 0 Å². The minimum absolute atomic E-state index is 0.0645. The van der Waals surface area contributed by atoms with Gasteiger partial charge in [0.2, 0.25) is 5.91 Å². The topological polar surface area (TPSA) is 58.2 Å². The van der Waals surface area contributed by atoms with E-state index in [1.807, 2.05) is 0 Å². The highest BCUT2D eigenvalue weighted by Crippen LogP contribution is 2.32. The average molecular weight is 380 g/mol. The van der Waals surface area contributed by atoms with Crippen LogP contribution in [0.25, 0.3) is 0 Å². The molecule has 0 spiro atoms. The molecule has 136 valence electrons. The first kappa shape index (κ1) is 18.3. The zero-order valence-electron chi connectivity index (χ0n) is 13.5. The Morgan fingerprint density at radius 2 is 1.92 bits per heavy atom. The normalized spacial score (nSPS) is 13.7. The maximum absolute atomic E-state index is 12.5. The molecule has 8 heteroatoms. The van der Waals surface area contributed by atoms with E-state index in [4.69, 9.17) is 0 Å². The SMILES string of the molecule is O=C1CCc2cc(C(=O)Nc3ccccc3SCC(F)(F)F)ccc2N1. The van der Waals surface area contributed by atoms with Gasteiger partial charge in [-0.25, -0.2) is 0 Å². The van der Waals surface area contributed by atoms with Gasteiger partial charge in [-0.05, 0) is 42.3 Å². The number of halogens is 3. The van der Waals surface area contributed by atoms with Crippen molar-refractivity contribution in [2.75, 3.05) is 16.4 Å². The van der Waals surface area contributed by atoms with Gasteiger partial charge in [0.05, 0.1) is 11.4 Å². The molecule has 0 aromatic heterocycles. The Morgan fingerprint density at radius 1 is 1.15 bits per heavy atom. The Kier molecular flexibility index (Phi) is 5.22. The lowest BCUT2D eigenvalue weighted by atomic mass is 10.00. The smallest absolute Gasteiger partial charge is 0.326 e. The molecule has 2 N–H and O–H groups in total. The zero-order valence-corrected chi connectivity index (χ0v) is 14.3. The van der Waals surface area contributed by atoms with Crippen LogP contribution in [0.15, 0.2) is 47.4 Å². The summed E-state index contributed by atoms with van der Waals surface area (Å²) in [6.07, 6.45) is -3.39. The third-order valence-corrected chi connectivity index (χ3v) is 4.93. The van der Waals surface area contributed by atoms with E-state index in [9.17, 15) is 22.8 Å². The van der Waals surface area contributed by atoms with Crippen LogP contribution in [-0.2, 0) is 11.2 Å². The number of rotatable bonds is 4. The first-order valence-corrected chi connectivity index (χ1v) is 8.83. The fourth-order valence-electron chi connectivity index (χ4n) is 2.57. The molecule has 0 atom stereocenters. The van der Waals surface area contributed by atoms with Crippen molar-refractivity contribution in [2.45, 2.75) is 23.9 Å². The van der Waals surface area contributed by atoms with Crippen molar-refractivity contribution in [3.63, 3.8) is 0 Å². The molecule has 0 bridgehead atoms. The molecule has 1 aliphatic rings. The number of thioether (sulfide) groups is 1. The average Bonchev–Trinajstić information content (AvgIpc) is 2.59. The minimum atomic E-state index is -4.29. The molecule has 2 amide bonds. The van der Waals surface area contributed by atoms with Gasteiger partial charge in [0.25, 0.3) is 5.91 Å². The van der Waals surface area contributed by atoms with Crippen LogP contribution in [0.1, 0.15) is 22.3 Å². The summed E-state index contributed by atoms with van der Waals surface area (Å²) in [6.45, 7) is 0. The molecule has 26 heavy (non-hydrogen) atoms. The van der Waals surface area contributed by atoms with Crippen LogP contribution in [0, 0.1) is 0 Å². The van der Waals surface area contributed by atoms with Gasteiger partial charge in [-0.3, -0.25) is 9.59 Å². The van der Waals surface area contributed by atoms with Crippen molar-refractivity contribution in [3.05, 3.63) is 53.6 Å². The number of nitrogens with one attached hydrogen (secondary N) is 2. The summed E-state index contributed by atoms with van der Waals surface area (Å²) in [7, 11) is 0. The van der Waals surface area contributed by atoms with Gasteiger partial charge in [-0.2, -0.15) is 13.2 Å². The summed E-state index contributed by atoms with van der Waals surface area (Å²) in [5, 5.41) is 5.40. The number of benzene rings is 2. The van der Waals surface area contributed by atoms with Gasteiger partial charge in [-0.15, -0.1) is 11.8 Å². The standard InChI is InChI=1S/C18H15F3N2O2S/c19-18(20,21)10-26-15-4-2-1-3-14(15)23-17(25)12-5-7-13-11(9-12)6-8-16(24)22-13/h1-5,7,9H,6,8,10H2,(H,22,24)(H,23,25). The fourth-order valence-corrected chi connectivity index (χ4v) is 3.34. The number of amides is 2. The number of para-hydroxylation sites is 1. The number of hydrogen-bond donors (Lipinski definition) is 2. The van der Waals surface area contributed by atoms with Crippen molar-refractivity contribution < 1.29 is 22.8 Å². The molecule has 4 nitrogen and oxygen atoms in total. The maximum Gasteiger partial charge on any atom is 0.398 e. The van der Waals surface area contributed by atoms with E-state index >= 15 is 0 Å². The Bertz CT molecular complexity index is 853. The lowest BCUT2D eigenvalue weighted by Crippen LogP contribution is -2.20. The Hall–Kier alpha value is -2.48. The van der Waals surface area contributed by atoms with Gasteiger partial charge in [0.1, 0.15) is 0 Å². The highest BCUT2D eigenvalue weighted by Gasteiger charge is 2.27. The maximum atomic E-state index is 12.5. The van der Waals surface area contributed by atoms with Crippen molar-refractivity contribution in [1.82, 2.24) is 0 Å². The van der Waals surface area contributed by atoms with E-state index in [0.717, 1.165) is 5.56 Å². The number of fused-ring (bicyclic) bond motifs is 1. The third kappa shape index (κ3) is 4.57. The first-order valence-electron chi connectivity index (χ1n) is 7.84. The number of carbonyl (C=O) groups is 2. The number of aryl methyl sites for hydroxylation is 1. The molecule has 2 aromatic rings. The van der Waals surface area contributed by atoms with E-state index in [2.05, 4.69) is 10.6 Å². The van der Waals surface area contributed by atoms with Gasteiger partial charge in [0, 0.05) is 22.6 Å². The van der Waals surface area contributed by atoms with Gasteiger partial charge >= 0.3 is 6.18 Å². The predicted molar refractivity (Wildman–Crippen MR) is 94.6 cm³/mol. The lowest BCUT2D eigenvalue weighted by molar-refractivity contribution is -0.116. The van der Waals surface area contributed by atoms with Gasteiger partial charge in [-0.1, -0.05) is 12.1 Å². The molecule has 0 fully saturated rings. The van der Waals surface area contributed by atoms with Crippen LogP contribution >= 0.6 is 11.8 Å². The van der Waals surface area contributed by atoms with Crippen LogP contribution in [0.5, 0.6) is 0 Å². The Morgan fingerprint density at radius 3 is 2.69 bits per heavy atom. The monoisotopic (exact) mass is 380 g/mol. The molecule has 1 aliphatic heterocycles. The number of anilines is 2. The number of hydrogen-bond acceptors (Lipinski definition) is 3. The molecule has 0 aliphatic carbocycles. The van der Waals surface area contributed by atoms with E-state index < -0.39 is 17.8 Å². The largest absolute Gasteiger partial charge is 0.398 e. The zero-order chi connectivity index (χ0) is 18.7. The molecule has 0 radical (unpaired) electrons. The van der Waals surface area contributed by atoms with Crippen molar-refractivity contribution in [2.24, 2.45) is 0 Å². The molecule has 0 saturated heterocycles. The quantitative estimate of drug-likeness (QED) is 0.769. The minimum Gasteiger partial charge on any atom is -0.326 e. The third-order valence-electron chi connectivity index (χ3n) is 3.79. The van der Waals surface area contributed by atoms with Gasteiger partial charge in [0.15, 0.2) is 0 Å². The molecule has 0 saturated carbocycles. The summed E-state index contributed by atoms with van der Waals surface area (Å²) in [6, 6.07) is 11.3. The number of carbonyl (C=O) groups excluding carboxylic acids is 2. The molecule has 0 unspecified atom stereocenters. The molecule has 2 aromatic carbocycles. The number of alkyl halides is 3. The predicted octanol–water partition coefficient (Wildman–Crippen LogP) is 4.48. The Balaban J connectivity index is 1.75. The van der Waals surface area contributed by atoms with Crippen molar-refractivity contribution in [1.29, 1.82) is 0 Å². The van der Waals surface area contributed by atoms with Crippen LogP contribution < -0.4 is 10.6 Å². The lowest BCUT2D eigenvalue weighted by Gasteiger charge is -2.17. The second-order valence-electron chi connectivity index (χ2n) is 5.77. The van der Waals surface area contributed by atoms with E-state index in [-0.39, 0.29) is 5.91 Å². The fraction of sp³-hybridized carbons (Fsp3) is 0.222. The van der Waals surface area contributed by atoms with Crippen molar-refractivity contribution >= 4 is 35.0 Å². The van der Waals surface area contributed by atoms with E-state index in [1.165, 1.54) is 6.07 Å². The van der Waals surface area contributed by atoms with E-state index in [1.54, 1.807) is 36.4 Å². The highest BCUT2D eigenvalue weighted by atomic mass is 32.2. The molecular weight excluding hydrogens is 365 g/mol. The van der Waals surface area contributed by atoms with Crippen LogP contribution in [0.2, 0.25) is 0 Å². The Labute approximate surface area is 152 Å². The molecule has 3 rings (SSSR count). The summed E-state index contributed by atoms with van der Waals surface area (Å²) in [5.74, 6) is -1.51. The summed E-state index contributed by atoms with van der Waals surface area (Å²) >= 11 is 0.627. The van der Waals surface area contributed by atoms with Crippen LogP contribution in [0.4, 0.5) is 24.5 Å². The van der Waals surface area contributed by atoms with Gasteiger partial charge < -0.3 is 10.6 Å². The molecule has 1 heterocycles. The van der Waals surface area contributed by atoms with E-state index in [0.29, 0.717) is 46.4 Å². The summed E-state index contributed by atoms with van der Waals surface area (Å²) in [4.78, 5) is 24.2. The first-order chi connectivity index (χ1) is 12.3.